The number of carbonyl (C=O) groups is 7. The van der Waals surface area contributed by atoms with Crippen LogP contribution in [0.5, 0.6) is 0 Å². The number of fused-ring (bicyclic) bond motifs is 5. The predicted octanol–water partition coefficient (Wildman–Crippen LogP) is 6.30. The highest BCUT2D eigenvalue weighted by Crippen LogP contribution is 2.64. The van der Waals surface area contributed by atoms with Crippen LogP contribution >= 0.6 is 0 Å². The monoisotopic (exact) mass is 1050 g/mol. The largest absolute Gasteiger partial charge is 0.455 e. The van der Waals surface area contributed by atoms with Gasteiger partial charge in [-0.25, -0.2) is 19.2 Å². The number of rotatable bonds is 17. The van der Waals surface area contributed by atoms with E-state index in [1.54, 1.807) is 69.3 Å². The molecule has 410 valence electrons. The minimum atomic E-state index is -2.44. The van der Waals surface area contributed by atoms with Gasteiger partial charge in [-0.3, -0.25) is 14.4 Å². The third kappa shape index (κ3) is 11.7. The summed E-state index contributed by atoms with van der Waals surface area (Å²) in [5.74, 6) is -6.36. The Kier molecular flexibility index (Phi) is 17.2. The molecular weight excluding hydrogens is 985 g/mol. The third-order valence-electron chi connectivity index (χ3n) is 15.3. The van der Waals surface area contributed by atoms with Crippen molar-refractivity contribution in [2.45, 2.75) is 160 Å². The average molecular weight is 1060 g/mol. The Hall–Kier alpha value is -6.67. The molecule has 0 radical (unpaired) electrons. The topological polar surface area (TPSA) is 269 Å². The lowest BCUT2D eigenvalue weighted by atomic mass is 9.44. The van der Waals surface area contributed by atoms with E-state index in [1.807, 2.05) is 30.3 Å². The number of ketones is 1. The molecule has 7 rings (SSSR count). The first-order chi connectivity index (χ1) is 35.8. The van der Waals surface area contributed by atoms with E-state index in [0.29, 0.717) is 18.4 Å². The molecule has 19 nitrogen and oxygen atoms in total. The number of hydrogen-bond acceptors (Lipinski definition) is 17. The number of amides is 2. The number of hydrogen-bond donors (Lipinski definition) is 5. The summed E-state index contributed by atoms with van der Waals surface area (Å²) in [5, 5.41) is 43.7. The van der Waals surface area contributed by atoms with Gasteiger partial charge in [0, 0.05) is 38.1 Å². The third-order valence-corrected chi connectivity index (χ3v) is 15.3. The molecule has 2 saturated carbocycles. The lowest BCUT2D eigenvalue weighted by Gasteiger charge is -2.67. The summed E-state index contributed by atoms with van der Waals surface area (Å²) in [6.07, 6.45) is -11.5. The summed E-state index contributed by atoms with van der Waals surface area (Å²) in [5.41, 5.74) is -7.84. The number of unbranched alkanes of at least 4 members (excludes halogenated alkanes) is 2. The number of nitrogens with one attached hydrogen (secondary N) is 2. The molecule has 1 heterocycles. The summed E-state index contributed by atoms with van der Waals surface area (Å²) in [4.78, 5) is 97.7. The normalized spacial score (nSPS) is 28.2. The molecule has 5 N–H and O–H groups in total. The van der Waals surface area contributed by atoms with E-state index in [9.17, 15) is 39.3 Å². The molecule has 11 atom stereocenters. The molecule has 0 spiro atoms. The number of esters is 4. The van der Waals surface area contributed by atoms with Gasteiger partial charge in [-0.05, 0) is 81.9 Å². The molecule has 3 aromatic carbocycles. The number of benzene rings is 3. The van der Waals surface area contributed by atoms with Crippen LogP contribution in [0.4, 0.5) is 9.59 Å². The highest BCUT2D eigenvalue weighted by Gasteiger charge is 2.78. The van der Waals surface area contributed by atoms with Crippen LogP contribution < -0.4 is 10.6 Å². The van der Waals surface area contributed by atoms with E-state index in [1.165, 1.54) is 39.8 Å². The van der Waals surface area contributed by atoms with E-state index >= 15 is 9.59 Å². The fourth-order valence-corrected chi connectivity index (χ4v) is 11.4. The first-order valence-electron chi connectivity index (χ1n) is 25.6. The van der Waals surface area contributed by atoms with Gasteiger partial charge in [0.2, 0.25) is 6.10 Å². The van der Waals surface area contributed by atoms with Gasteiger partial charge in [0.25, 0.3) is 0 Å². The number of aliphatic hydroxyl groups excluding tert-OH is 2. The van der Waals surface area contributed by atoms with Crippen LogP contribution in [-0.4, -0.2) is 124 Å². The molecule has 2 amide bonds. The van der Waals surface area contributed by atoms with Crippen molar-refractivity contribution in [1.29, 1.82) is 0 Å². The van der Waals surface area contributed by atoms with Crippen LogP contribution in [0.2, 0.25) is 0 Å². The van der Waals surface area contributed by atoms with E-state index in [4.69, 9.17) is 33.2 Å². The zero-order valence-electron chi connectivity index (χ0n) is 44.2. The van der Waals surface area contributed by atoms with Gasteiger partial charge < -0.3 is 59.1 Å². The second-order valence-electron chi connectivity index (χ2n) is 21.8. The Morgan fingerprint density at radius 1 is 0.842 bits per heavy atom. The maximum Gasteiger partial charge on any atom is 0.408 e. The van der Waals surface area contributed by atoms with Crippen LogP contribution in [0, 0.1) is 16.7 Å². The van der Waals surface area contributed by atoms with Crippen LogP contribution in [0.3, 0.4) is 0 Å². The molecule has 3 aromatic rings. The van der Waals surface area contributed by atoms with Crippen LogP contribution in [0.1, 0.15) is 121 Å². The zero-order chi connectivity index (χ0) is 55.4. The zero-order valence-corrected chi connectivity index (χ0v) is 44.2. The van der Waals surface area contributed by atoms with Crippen LogP contribution in [0.25, 0.3) is 0 Å². The van der Waals surface area contributed by atoms with Crippen molar-refractivity contribution >= 4 is 41.8 Å². The Labute approximate surface area is 441 Å². The summed E-state index contributed by atoms with van der Waals surface area (Å²) < 4.78 is 41.6. The van der Waals surface area contributed by atoms with Crippen molar-refractivity contribution < 1.29 is 82.0 Å². The highest BCUT2D eigenvalue weighted by molar-refractivity contribution is 5.94. The van der Waals surface area contributed by atoms with E-state index in [0.717, 1.165) is 12.5 Å². The van der Waals surface area contributed by atoms with Crippen molar-refractivity contribution in [3.8, 4) is 0 Å². The minimum absolute atomic E-state index is 0.0501. The number of Topliss-reactive ketones (excluding diaryl/α,β-unsaturated/α-hetero) is 1. The van der Waals surface area contributed by atoms with Crippen molar-refractivity contribution in [1.82, 2.24) is 10.6 Å². The second kappa shape index (κ2) is 22.9. The molecule has 2 bridgehead atoms. The summed E-state index contributed by atoms with van der Waals surface area (Å²) >= 11 is 0. The first kappa shape index (κ1) is 57.0. The van der Waals surface area contributed by atoms with Gasteiger partial charge in [0.1, 0.15) is 48.3 Å². The fourth-order valence-electron chi connectivity index (χ4n) is 11.4. The highest BCUT2D eigenvalue weighted by atomic mass is 16.6. The van der Waals surface area contributed by atoms with Crippen molar-refractivity contribution in [2.24, 2.45) is 16.7 Å². The first-order valence-corrected chi connectivity index (χ1v) is 25.6. The molecular formula is C57H70N2O17. The van der Waals surface area contributed by atoms with Crippen LogP contribution in [0.15, 0.2) is 102 Å². The molecule has 1 aliphatic heterocycles. The van der Waals surface area contributed by atoms with Crippen molar-refractivity contribution in [3.05, 3.63) is 119 Å². The summed E-state index contributed by atoms with van der Waals surface area (Å²) in [6, 6.07) is 23.7. The Bertz CT molecular complexity index is 2650. The average Bonchev–Trinajstić information content (AvgIpc) is 3.38. The number of ether oxygens (including phenoxy) is 7. The quantitative estimate of drug-likeness (QED) is 0.0430. The van der Waals surface area contributed by atoms with Crippen LogP contribution in [-0.2, 0) is 58.9 Å². The SMILES string of the molecule is CC(=O)O[C@@]12CO[C@@H]1C[C@H](O)[C@@]1(C)C(=O)[C@H](O)C3=C(C)[C@@H](OC(=O)[C@H](OC(=O)CCCCCNC(=O)OCc4ccccc4)[C@@H](NC(=O)OC(C)(C)C)c4ccccc4)C[C@@](O)([C@@H](OC(=O)c4ccccc4)[C@H]21)C3(C)C. The standard InChI is InChI=1S/C57H70N2O17/c1-33-38(30-57(69)48(74-49(65)37-25-17-11-18-26-37)46-55(8,47(64)44(63)42(33)54(57,6)7)39(61)29-40-56(46,32-71-40)75-34(2)60)72-50(66)45(43(36-23-15-10-16-24-36)59-52(68)76-53(3,4)5)73-41(62)27-19-12-20-28-58-51(67)70-31-35-21-13-9-14-22-35/h9-11,13-18,21-26,38-40,43-46,48,61,63,69H,12,19-20,27-32H2,1-8H3,(H,58,67)(H,59,68)/t38-,39-,40+,43-,44+,45+,46-,48-,55+,56-,57+/m0/s1. The lowest BCUT2D eigenvalue weighted by Crippen LogP contribution is -2.81. The van der Waals surface area contributed by atoms with E-state index in [-0.39, 0.29) is 55.7 Å². The van der Waals surface area contributed by atoms with Gasteiger partial charge in [-0.2, -0.15) is 0 Å². The van der Waals surface area contributed by atoms with Gasteiger partial charge in [-0.15, -0.1) is 0 Å². The predicted molar refractivity (Wildman–Crippen MR) is 271 cm³/mol. The lowest BCUT2D eigenvalue weighted by molar-refractivity contribution is -0.346. The maximum atomic E-state index is 15.3. The second-order valence-corrected chi connectivity index (χ2v) is 21.8. The molecule has 19 heteroatoms. The van der Waals surface area contributed by atoms with Crippen molar-refractivity contribution in [3.63, 3.8) is 0 Å². The molecule has 3 fully saturated rings. The smallest absolute Gasteiger partial charge is 0.408 e. The Morgan fingerprint density at radius 2 is 1.47 bits per heavy atom. The maximum absolute atomic E-state index is 15.3. The minimum Gasteiger partial charge on any atom is -0.455 e. The molecule has 1 saturated heterocycles. The molecule has 0 unspecified atom stereocenters. The fraction of sp³-hybridized carbons (Fsp3) is 0.526. The summed E-state index contributed by atoms with van der Waals surface area (Å²) in [7, 11) is 0. The van der Waals surface area contributed by atoms with E-state index < -0.39 is 124 Å². The molecule has 76 heavy (non-hydrogen) atoms. The van der Waals surface area contributed by atoms with Gasteiger partial charge in [-0.1, -0.05) is 99.1 Å². The van der Waals surface area contributed by atoms with Gasteiger partial charge in [0.05, 0.1) is 29.6 Å². The number of carbonyl (C=O) groups excluding carboxylic acids is 7. The number of aliphatic hydroxyl groups is 3. The Morgan fingerprint density at radius 3 is 2.08 bits per heavy atom. The van der Waals surface area contributed by atoms with Crippen molar-refractivity contribution in [2.75, 3.05) is 13.2 Å². The Balaban J connectivity index is 1.23. The van der Waals surface area contributed by atoms with Gasteiger partial charge >= 0.3 is 36.1 Å². The molecule has 4 aliphatic rings. The van der Waals surface area contributed by atoms with E-state index in [2.05, 4.69) is 10.6 Å². The summed E-state index contributed by atoms with van der Waals surface area (Å²) in [6.45, 7) is 12.0. The number of alkyl carbamates (subject to hydrolysis) is 2. The van der Waals surface area contributed by atoms with Gasteiger partial charge in [0.15, 0.2) is 11.4 Å². The molecule has 0 aromatic heterocycles. The molecule has 3 aliphatic carbocycles.